The third-order valence-electron chi connectivity index (χ3n) is 7.73. The first kappa shape index (κ1) is 29.3. The summed E-state index contributed by atoms with van der Waals surface area (Å²) in [7, 11) is -8.77. The minimum Gasteiger partial charge on any atom is -0.748 e. The van der Waals surface area contributed by atoms with Crippen LogP contribution in [0.3, 0.4) is 0 Å². The Hall–Kier alpha value is -3.46. The molecule has 0 saturated carbocycles. The maximum atomic E-state index is 11.5. The van der Waals surface area contributed by atoms with Crippen molar-refractivity contribution >= 4 is 97.8 Å². The number of hydrogen-bond donors (Lipinski definition) is 0. The van der Waals surface area contributed by atoms with E-state index in [1.807, 2.05) is 41.0 Å². The van der Waals surface area contributed by atoms with E-state index in [9.17, 15) is 25.9 Å². The lowest BCUT2D eigenvalue weighted by molar-refractivity contribution is -0.667. The van der Waals surface area contributed by atoms with Gasteiger partial charge in [0.25, 0.3) is 5.01 Å². The molecular weight excluding hydrogens is 641 g/mol. The van der Waals surface area contributed by atoms with E-state index in [4.69, 9.17) is 4.42 Å². The van der Waals surface area contributed by atoms with Crippen LogP contribution in [0.1, 0.15) is 17.8 Å². The highest BCUT2D eigenvalue weighted by Gasteiger charge is 2.30. The minimum absolute atomic E-state index is 0.142. The topological polar surface area (TPSA) is 135 Å². The van der Waals surface area contributed by atoms with Gasteiger partial charge in [0.05, 0.1) is 48.7 Å². The van der Waals surface area contributed by atoms with Gasteiger partial charge in [-0.25, -0.2) is 16.8 Å². The van der Waals surface area contributed by atoms with Crippen LogP contribution in [-0.4, -0.2) is 44.0 Å². The fourth-order valence-electron chi connectivity index (χ4n) is 5.90. The zero-order chi connectivity index (χ0) is 30.6. The molecule has 0 N–H and O–H groups in total. The molecule has 1 aliphatic heterocycles. The first-order valence-electron chi connectivity index (χ1n) is 13.9. The fraction of sp³-hybridized carbons (Fsp3) is 0.194. The molecule has 0 fully saturated rings. The largest absolute Gasteiger partial charge is 0.748 e. The summed E-state index contributed by atoms with van der Waals surface area (Å²) in [5.41, 5.74) is 2.54. The Kier molecular flexibility index (Phi) is 7.42. The summed E-state index contributed by atoms with van der Waals surface area (Å²) in [6, 6.07) is 22.2. The first-order chi connectivity index (χ1) is 21.1. The third kappa shape index (κ3) is 5.59. The molecule has 0 amide bonds. The van der Waals surface area contributed by atoms with Gasteiger partial charge in [0, 0.05) is 34.8 Å². The molecule has 2 aromatic heterocycles. The van der Waals surface area contributed by atoms with Gasteiger partial charge < -0.3 is 18.4 Å². The average Bonchev–Trinajstić information content (AvgIpc) is 3.67. The Balaban J connectivity index is 1.38. The van der Waals surface area contributed by atoms with Crippen molar-refractivity contribution in [3.63, 3.8) is 0 Å². The van der Waals surface area contributed by atoms with Crippen LogP contribution in [0.15, 0.2) is 87.3 Å². The highest BCUT2D eigenvalue weighted by atomic mass is 32.2. The number of furan rings is 1. The van der Waals surface area contributed by atoms with Crippen LogP contribution in [0.25, 0.3) is 48.8 Å². The van der Waals surface area contributed by atoms with Crippen molar-refractivity contribution in [1.82, 2.24) is 0 Å². The van der Waals surface area contributed by atoms with E-state index >= 15 is 0 Å². The van der Waals surface area contributed by atoms with Crippen LogP contribution in [0.5, 0.6) is 0 Å². The summed E-state index contributed by atoms with van der Waals surface area (Å²) in [6.45, 7) is 0.608. The second kappa shape index (κ2) is 11.2. The Morgan fingerprint density at radius 1 is 0.818 bits per heavy atom. The molecule has 0 radical (unpaired) electrons. The van der Waals surface area contributed by atoms with Crippen molar-refractivity contribution in [2.24, 2.45) is 0 Å². The van der Waals surface area contributed by atoms with E-state index in [2.05, 4.69) is 41.3 Å². The van der Waals surface area contributed by atoms with Crippen molar-refractivity contribution in [2.45, 2.75) is 24.3 Å². The zero-order valence-electron chi connectivity index (χ0n) is 23.1. The Morgan fingerprint density at radius 2 is 1.59 bits per heavy atom. The molecule has 7 rings (SSSR count). The molecular formula is C31H25N2O7S4-. The van der Waals surface area contributed by atoms with E-state index < -0.39 is 31.7 Å². The van der Waals surface area contributed by atoms with Crippen molar-refractivity contribution in [1.29, 1.82) is 0 Å². The van der Waals surface area contributed by atoms with Gasteiger partial charge in [0.2, 0.25) is 5.52 Å². The maximum absolute atomic E-state index is 11.5. The third-order valence-corrected chi connectivity index (χ3v) is 11.5. The van der Waals surface area contributed by atoms with E-state index in [1.54, 1.807) is 18.0 Å². The molecule has 4 aromatic carbocycles. The zero-order valence-corrected chi connectivity index (χ0v) is 26.4. The molecule has 0 spiro atoms. The van der Waals surface area contributed by atoms with E-state index in [1.165, 1.54) is 11.3 Å². The number of thiazole rings is 1. The minimum atomic E-state index is -4.39. The Bertz CT molecular complexity index is 2340. The van der Waals surface area contributed by atoms with Crippen LogP contribution < -0.4 is 9.47 Å². The molecule has 1 aliphatic rings. The SMILES string of the molecule is O=S(=O)([O-])CCCN1/C(=C/c2sc3ccc4occc4c3[n+]2CCCS(=O)(=O)[O-])Sc2ccc3c(ccc4ccccc43)c21. The standard InChI is InChI=1S/C31H26N2O7S4/c34-43(35,36)17-3-14-32-28(41-26-11-9-22-21-6-2-1-5-20(21)7-8-23(22)30(26)32)19-29-33(15-4-18-44(37,38)39)31-24-13-16-40-25(24)10-12-27(31)42-29/h1-2,5-13,16,19H,3-4,14-15,17-18H2,(H-,34,35,36,37,38,39)/p-1. The molecule has 44 heavy (non-hydrogen) atoms. The van der Waals surface area contributed by atoms with Crippen molar-refractivity contribution < 1.29 is 34.9 Å². The summed E-state index contributed by atoms with van der Waals surface area (Å²) in [4.78, 5) is 3.08. The lowest BCUT2D eigenvalue weighted by Gasteiger charge is -2.22. The van der Waals surface area contributed by atoms with Crippen LogP contribution in [-0.2, 0) is 26.8 Å². The molecule has 0 aliphatic carbocycles. The Labute approximate surface area is 261 Å². The highest BCUT2D eigenvalue weighted by Crippen LogP contribution is 2.51. The van der Waals surface area contributed by atoms with Gasteiger partial charge in [-0.1, -0.05) is 65.6 Å². The quantitative estimate of drug-likeness (QED) is 0.103. The number of anilines is 1. The predicted molar refractivity (Wildman–Crippen MR) is 173 cm³/mol. The highest BCUT2D eigenvalue weighted by molar-refractivity contribution is 8.04. The lowest BCUT2D eigenvalue weighted by atomic mass is 10.0. The summed E-state index contributed by atoms with van der Waals surface area (Å²) < 4.78 is 77.4. The molecule has 226 valence electrons. The lowest BCUT2D eigenvalue weighted by Crippen LogP contribution is -2.36. The molecule has 0 bridgehead atoms. The Morgan fingerprint density at radius 3 is 2.41 bits per heavy atom. The number of benzene rings is 4. The van der Waals surface area contributed by atoms with Gasteiger partial charge in [-0.2, -0.15) is 4.57 Å². The normalized spacial score (nSPS) is 15.0. The molecule has 0 saturated heterocycles. The van der Waals surface area contributed by atoms with Gasteiger partial charge in [0.15, 0.2) is 6.54 Å². The first-order valence-corrected chi connectivity index (χ1v) is 18.7. The number of nitrogens with zero attached hydrogens (tertiary/aromatic N) is 2. The van der Waals surface area contributed by atoms with E-state index in [0.29, 0.717) is 18.7 Å². The molecule has 9 nitrogen and oxygen atoms in total. The van der Waals surface area contributed by atoms with E-state index in [-0.39, 0.29) is 12.8 Å². The summed E-state index contributed by atoms with van der Waals surface area (Å²) in [5.74, 6) is -0.958. The van der Waals surface area contributed by atoms with Crippen LogP contribution in [0, 0.1) is 0 Å². The molecule has 6 aromatic rings. The second-order valence-corrected chi connectivity index (χ2v) is 15.8. The van der Waals surface area contributed by atoms with Crippen molar-refractivity contribution in [3.8, 4) is 0 Å². The maximum Gasteiger partial charge on any atom is 0.265 e. The number of hydrogen-bond acceptors (Lipinski definition) is 10. The van der Waals surface area contributed by atoms with Gasteiger partial charge in [0.1, 0.15) is 10.3 Å². The van der Waals surface area contributed by atoms with Gasteiger partial charge in [-0.15, -0.1) is 0 Å². The number of fused-ring (bicyclic) bond motifs is 8. The average molecular weight is 666 g/mol. The molecule has 3 heterocycles. The molecule has 0 atom stereocenters. The monoisotopic (exact) mass is 665 g/mol. The van der Waals surface area contributed by atoms with Crippen molar-refractivity contribution in [3.05, 3.63) is 83.0 Å². The predicted octanol–water partition coefficient (Wildman–Crippen LogP) is 6.02. The molecule has 0 unspecified atom stereocenters. The van der Waals surface area contributed by atoms with E-state index in [0.717, 1.165) is 57.8 Å². The number of thioether (sulfide) groups is 1. The summed E-state index contributed by atoms with van der Waals surface area (Å²) in [5, 5.41) is 6.88. The fourth-order valence-corrected chi connectivity index (χ4v) is 9.22. The number of rotatable bonds is 9. The smallest absolute Gasteiger partial charge is 0.265 e. The second-order valence-electron chi connectivity index (χ2n) is 10.6. The number of aromatic nitrogens is 1. The van der Waals surface area contributed by atoms with Gasteiger partial charge >= 0.3 is 0 Å². The van der Waals surface area contributed by atoms with Crippen LogP contribution in [0.2, 0.25) is 0 Å². The van der Waals surface area contributed by atoms with Crippen LogP contribution in [0.4, 0.5) is 5.69 Å². The summed E-state index contributed by atoms with van der Waals surface area (Å²) >= 11 is 3.09. The van der Waals surface area contributed by atoms with Crippen LogP contribution >= 0.6 is 23.1 Å². The number of aryl methyl sites for hydroxylation is 1. The van der Waals surface area contributed by atoms with Gasteiger partial charge in [-0.05, 0) is 46.8 Å². The summed E-state index contributed by atoms with van der Waals surface area (Å²) in [6.07, 6.45) is 3.92. The molecule has 13 heteroatoms. The van der Waals surface area contributed by atoms with Crippen molar-refractivity contribution in [2.75, 3.05) is 23.0 Å². The van der Waals surface area contributed by atoms with Gasteiger partial charge in [-0.3, -0.25) is 0 Å².